The fourth-order valence-corrected chi connectivity index (χ4v) is 3.38. The maximum absolute atomic E-state index is 11.9. The molecule has 0 aliphatic carbocycles. The molecule has 2 aromatic heterocycles. The second-order valence-electron chi connectivity index (χ2n) is 5.27. The molecule has 112 valence electrons. The number of nitrogens with zero attached hydrogens (tertiary/aromatic N) is 4. The Morgan fingerprint density at radius 1 is 1.32 bits per heavy atom. The molecule has 6 nitrogen and oxygen atoms in total. The van der Waals surface area contributed by atoms with Crippen molar-refractivity contribution in [1.29, 1.82) is 0 Å². The molecule has 0 amide bonds. The molecule has 1 aromatic carbocycles. The van der Waals surface area contributed by atoms with E-state index in [1.807, 2.05) is 18.2 Å². The maximum Gasteiger partial charge on any atom is 0.359 e. The lowest BCUT2D eigenvalue weighted by Crippen LogP contribution is -2.53. The number of anilines is 1. The highest BCUT2D eigenvalue weighted by molar-refractivity contribution is 7.22. The number of esters is 1. The van der Waals surface area contributed by atoms with Crippen molar-refractivity contribution in [2.75, 3.05) is 18.0 Å². The summed E-state index contributed by atoms with van der Waals surface area (Å²) in [4.78, 5) is 18.6. The average molecular weight is 314 g/mol. The molecule has 0 saturated carbocycles. The first-order valence-corrected chi connectivity index (χ1v) is 7.82. The van der Waals surface area contributed by atoms with E-state index in [4.69, 9.17) is 4.74 Å². The van der Waals surface area contributed by atoms with Gasteiger partial charge in [0.1, 0.15) is 6.10 Å². The standard InChI is InChI=1S/C15H14N4O2S/c1-18-7-6-12(17-18)14(20)21-10-8-19(9-10)15-16-11-4-2-3-5-13(11)22-15/h2-7,10H,8-9H2,1H3. The summed E-state index contributed by atoms with van der Waals surface area (Å²) in [5.74, 6) is -0.366. The van der Waals surface area contributed by atoms with Crippen LogP contribution in [0.4, 0.5) is 5.13 Å². The van der Waals surface area contributed by atoms with Crippen molar-refractivity contribution in [3.8, 4) is 0 Å². The molecule has 0 atom stereocenters. The van der Waals surface area contributed by atoms with Gasteiger partial charge >= 0.3 is 5.97 Å². The molecule has 0 spiro atoms. The Balaban J connectivity index is 1.38. The third-order valence-corrected chi connectivity index (χ3v) is 4.69. The van der Waals surface area contributed by atoms with Crippen LogP contribution in [-0.2, 0) is 11.8 Å². The Bertz CT molecular complexity index is 802. The van der Waals surface area contributed by atoms with Gasteiger partial charge in [-0.25, -0.2) is 9.78 Å². The van der Waals surface area contributed by atoms with E-state index >= 15 is 0 Å². The van der Waals surface area contributed by atoms with Crippen LogP contribution in [-0.4, -0.2) is 39.9 Å². The molecule has 1 saturated heterocycles. The molecule has 0 bridgehead atoms. The number of ether oxygens (including phenoxy) is 1. The van der Waals surface area contributed by atoms with Gasteiger partial charge < -0.3 is 9.64 Å². The van der Waals surface area contributed by atoms with Gasteiger partial charge in [-0.15, -0.1) is 0 Å². The summed E-state index contributed by atoms with van der Waals surface area (Å²) in [6, 6.07) is 9.73. The van der Waals surface area contributed by atoms with E-state index < -0.39 is 0 Å². The first-order chi connectivity index (χ1) is 10.7. The number of aromatic nitrogens is 3. The van der Waals surface area contributed by atoms with Crippen LogP contribution in [0.2, 0.25) is 0 Å². The van der Waals surface area contributed by atoms with Crippen LogP contribution in [0.3, 0.4) is 0 Å². The zero-order valence-electron chi connectivity index (χ0n) is 12.0. The third-order valence-electron chi connectivity index (χ3n) is 3.60. The number of para-hydroxylation sites is 1. The number of rotatable bonds is 3. The van der Waals surface area contributed by atoms with Crippen LogP contribution < -0.4 is 4.90 Å². The van der Waals surface area contributed by atoms with Crippen LogP contribution in [0.25, 0.3) is 10.2 Å². The largest absolute Gasteiger partial charge is 0.454 e. The predicted octanol–water partition coefficient (Wildman–Crippen LogP) is 2.08. The van der Waals surface area contributed by atoms with Gasteiger partial charge in [-0.1, -0.05) is 23.5 Å². The number of aryl methyl sites for hydroxylation is 1. The van der Waals surface area contributed by atoms with Crippen molar-refractivity contribution < 1.29 is 9.53 Å². The van der Waals surface area contributed by atoms with Crippen LogP contribution in [0.5, 0.6) is 0 Å². The molecule has 4 rings (SSSR count). The van der Waals surface area contributed by atoms with E-state index in [0.717, 1.165) is 10.6 Å². The van der Waals surface area contributed by atoms with Gasteiger partial charge in [-0.2, -0.15) is 5.10 Å². The average Bonchev–Trinajstić information content (AvgIpc) is 3.07. The van der Waals surface area contributed by atoms with Crippen molar-refractivity contribution in [3.05, 3.63) is 42.2 Å². The zero-order valence-corrected chi connectivity index (χ0v) is 12.8. The van der Waals surface area contributed by atoms with E-state index in [2.05, 4.69) is 21.0 Å². The first-order valence-electron chi connectivity index (χ1n) is 7.00. The van der Waals surface area contributed by atoms with Gasteiger partial charge in [0.15, 0.2) is 10.8 Å². The van der Waals surface area contributed by atoms with Gasteiger partial charge in [0, 0.05) is 13.2 Å². The molecule has 22 heavy (non-hydrogen) atoms. The summed E-state index contributed by atoms with van der Waals surface area (Å²) in [6.07, 6.45) is 1.63. The number of hydrogen-bond donors (Lipinski definition) is 0. The second-order valence-corrected chi connectivity index (χ2v) is 6.28. The molecule has 1 fully saturated rings. The van der Waals surface area contributed by atoms with Crippen molar-refractivity contribution in [1.82, 2.24) is 14.8 Å². The minimum Gasteiger partial charge on any atom is -0.454 e. The Labute approximate surface area is 130 Å². The third kappa shape index (κ3) is 2.33. The minimum absolute atomic E-state index is 0.0958. The smallest absolute Gasteiger partial charge is 0.359 e. The Kier molecular flexibility index (Phi) is 3.07. The van der Waals surface area contributed by atoms with Crippen molar-refractivity contribution in [2.24, 2.45) is 7.05 Å². The molecular weight excluding hydrogens is 300 g/mol. The first kappa shape index (κ1) is 13.3. The lowest BCUT2D eigenvalue weighted by Gasteiger charge is -2.37. The van der Waals surface area contributed by atoms with Crippen LogP contribution >= 0.6 is 11.3 Å². The lowest BCUT2D eigenvalue weighted by atomic mass is 10.2. The SMILES string of the molecule is Cn1ccc(C(=O)OC2CN(c3nc4ccccc4s3)C2)n1. The highest BCUT2D eigenvalue weighted by Gasteiger charge is 2.32. The van der Waals surface area contributed by atoms with Gasteiger partial charge in [0.05, 0.1) is 23.3 Å². The number of hydrogen-bond acceptors (Lipinski definition) is 6. The van der Waals surface area contributed by atoms with Gasteiger partial charge in [-0.05, 0) is 18.2 Å². The number of benzene rings is 1. The van der Waals surface area contributed by atoms with Crippen molar-refractivity contribution in [2.45, 2.75) is 6.10 Å². The van der Waals surface area contributed by atoms with Crippen molar-refractivity contribution >= 4 is 32.7 Å². The minimum atomic E-state index is -0.366. The summed E-state index contributed by atoms with van der Waals surface area (Å²) >= 11 is 1.66. The zero-order chi connectivity index (χ0) is 15.1. The Hall–Kier alpha value is -2.41. The summed E-state index contributed by atoms with van der Waals surface area (Å²) in [6.45, 7) is 1.36. The quantitative estimate of drug-likeness (QED) is 0.693. The number of fused-ring (bicyclic) bond motifs is 1. The fourth-order valence-electron chi connectivity index (χ4n) is 2.40. The normalized spacial score (nSPS) is 15.0. The lowest BCUT2D eigenvalue weighted by molar-refractivity contribution is 0.0227. The van der Waals surface area contributed by atoms with Crippen LogP contribution in [0.15, 0.2) is 36.5 Å². The summed E-state index contributed by atoms with van der Waals surface area (Å²) in [5.41, 5.74) is 1.36. The number of carbonyl (C=O) groups excluding carboxylic acids is 1. The topological polar surface area (TPSA) is 60.2 Å². The highest BCUT2D eigenvalue weighted by Crippen LogP contribution is 2.31. The summed E-state index contributed by atoms with van der Waals surface area (Å²) in [7, 11) is 1.77. The predicted molar refractivity (Wildman–Crippen MR) is 84.2 cm³/mol. The molecule has 3 heterocycles. The molecule has 1 aliphatic heterocycles. The van der Waals surface area contributed by atoms with Crippen LogP contribution in [0, 0.1) is 0 Å². The maximum atomic E-state index is 11.9. The Morgan fingerprint density at radius 3 is 2.86 bits per heavy atom. The summed E-state index contributed by atoms with van der Waals surface area (Å²) < 4.78 is 8.19. The van der Waals surface area contributed by atoms with Crippen LogP contribution in [0.1, 0.15) is 10.5 Å². The van der Waals surface area contributed by atoms with E-state index in [-0.39, 0.29) is 12.1 Å². The molecule has 0 N–H and O–H groups in total. The van der Waals surface area contributed by atoms with E-state index in [9.17, 15) is 4.79 Å². The van der Waals surface area contributed by atoms with Gasteiger partial charge in [-0.3, -0.25) is 4.68 Å². The molecular formula is C15H14N4O2S. The fraction of sp³-hybridized carbons (Fsp3) is 0.267. The van der Waals surface area contributed by atoms with E-state index in [1.165, 1.54) is 4.70 Å². The number of carbonyl (C=O) groups is 1. The molecule has 3 aromatic rings. The monoisotopic (exact) mass is 314 g/mol. The molecule has 0 unspecified atom stereocenters. The number of thiazole rings is 1. The second kappa shape index (κ2) is 5.10. The van der Waals surface area contributed by atoms with E-state index in [0.29, 0.717) is 18.8 Å². The molecule has 1 aliphatic rings. The van der Waals surface area contributed by atoms with Gasteiger partial charge in [0.2, 0.25) is 0 Å². The highest BCUT2D eigenvalue weighted by atomic mass is 32.1. The van der Waals surface area contributed by atoms with Crippen molar-refractivity contribution in [3.63, 3.8) is 0 Å². The summed E-state index contributed by atoms with van der Waals surface area (Å²) in [5, 5.41) is 5.02. The molecule has 0 radical (unpaired) electrons. The molecule has 7 heteroatoms. The Morgan fingerprint density at radius 2 is 2.14 bits per heavy atom. The van der Waals surface area contributed by atoms with E-state index in [1.54, 1.807) is 35.3 Å². The van der Waals surface area contributed by atoms with Gasteiger partial charge in [0.25, 0.3) is 0 Å².